The van der Waals surface area contributed by atoms with E-state index in [-0.39, 0.29) is 41.4 Å². The molecule has 0 fully saturated rings. The van der Waals surface area contributed by atoms with Crippen LogP contribution in [0.2, 0.25) is 10.0 Å². The van der Waals surface area contributed by atoms with Gasteiger partial charge in [0.25, 0.3) is 0 Å². The van der Waals surface area contributed by atoms with Crippen LogP contribution in [0.15, 0.2) is 72.8 Å². The minimum absolute atomic E-state index is 0.0229. The molecule has 0 saturated carbocycles. The average Bonchev–Trinajstić information content (AvgIpc) is 2.93. The van der Waals surface area contributed by atoms with Crippen LogP contribution in [0.5, 0.6) is 5.75 Å². The van der Waals surface area contributed by atoms with E-state index in [4.69, 9.17) is 27.9 Å². The fourth-order valence-electron chi connectivity index (χ4n) is 4.28. The summed E-state index contributed by atoms with van der Waals surface area (Å²) in [5.74, 6) is -0.702. The van der Waals surface area contributed by atoms with Crippen molar-refractivity contribution >= 4 is 50.7 Å². The number of methoxy groups -OCH3 is 1. The number of halogens is 2. The molecular formula is C30H35Cl2N3O5S. The molecule has 3 aromatic rings. The molecule has 1 N–H and O–H groups in total. The quantitative estimate of drug-likeness (QED) is 0.279. The van der Waals surface area contributed by atoms with Crippen LogP contribution in [-0.4, -0.2) is 57.1 Å². The second-order valence-corrected chi connectivity index (χ2v) is 12.5. The number of rotatable bonds is 13. The molecule has 2 amide bonds. The van der Waals surface area contributed by atoms with Crippen LogP contribution in [0.25, 0.3) is 0 Å². The zero-order valence-electron chi connectivity index (χ0n) is 23.5. The van der Waals surface area contributed by atoms with E-state index in [1.165, 1.54) is 24.1 Å². The molecule has 0 aromatic heterocycles. The first-order valence-electron chi connectivity index (χ1n) is 13.1. The van der Waals surface area contributed by atoms with E-state index < -0.39 is 28.5 Å². The van der Waals surface area contributed by atoms with Crippen molar-refractivity contribution in [1.82, 2.24) is 10.2 Å². The second kappa shape index (κ2) is 14.6. The first-order valence-corrected chi connectivity index (χ1v) is 15.7. The van der Waals surface area contributed by atoms with E-state index in [0.717, 1.165) is 16.1 Å². The third kappa shape index (κ3) is 9.11. The highest BCUT2D eigenvalue weighted by Crippen LogP contribution is 2.33. The lowest BCUT2D eigenvalue weighted by molar-refractivity contribution is -0.140. The summed E-state index contributed by atoms with van der Waals surface area (Å²) in [6, 6.07) is 19.8. The number of ether oxygens (including phenoxy) is 1. The summed E-state index contributed by atoms with van der Waals surface area (Å²) in [5, 5.41) is 3.74. The predicted octanol–water partition coefficient (Wildman–Crippen LogP) is 5.32. The normalized spacial score (nSPS) is 12.7. The monoisotopic (exact) mass is 619 g/mol. The standard InChI is InChI=1S/C30H35Cl2N3O5S/c1-5-21(2)33-30(37)27(17-22-10-7-6-8-11-22)34(19-23-12-9-13-24(31)16-23)29(36)20-35(41(4,38)39)26-18-25(32)14-15-28(26)40-3/h6-16,18,21,27H,5,17,19-20H2,1-4H3,(H,33,37). The molecule has 11 heteroatoms. The number of nitrogens with zero attached hydrogens (tertiary/aromatic N) is 2. The van der Waals surface area contributed by atoms with Gasteiger partial charge >= 0.3 is 0 Å². The van der Waals surface area contributed by atoms with Crippen molar-refractivity contribution in [3.8, 4) is 5.75 Å². The minimum Gasteiger partial charge on any atom is -0.495 e. The molecule has 41 heavy (non-hydrogen) atoms. The van der Waals surface area contributed by atoms with Crippen LogP contribution in [0, 0.1) is 0 Å². The van der Waals surface area contributed by atoms with Crippen LogP contribution in [0.4, 0.5) is 5.69 Å². The summed E-state index contributed by atoms with van der Waals surface area (Å²) < 4.78 is 32.3. The van der Waals surface area contributed by atoms with Gasteiger partial charge in [-0.1, -0.05) is 72.6 Å². The van der Waals surface area contributed by atoms with Crippen LogP contribution in [-0.2, 0) is 32.6 Å². The molecule has 2 atom stereocenters. The van der Waals surface area contributed by atoms with Crippen molar-refractivity contribution in [1.29, 1.82) is 0 Å². The van der Waals surface area contributed by atoms with Gasteiger partial charge in [-0.25, -0.2) is 8.42 Å². The van der Waals surface area contributed by atoms with Gasteiger partial charge in [0.05, 0.1) is 19.1 Å². The van der Waals surface area contributed by atoms with E-state index in [1.54, 1.807) is 30.3 Å². The Morgan fingerprint density at radius 2 is 1.61 bits per heavy atom. The maximum Gasteiger partial charge on any atom is 0.244 e. The van der Waals surface area contributed by atoms with Gasteiger partial charge in [0.15, 0.2) is 0 Å². The zero-order valence-corrected chi connectivity index (χ0v) is 25.8. The molecule has 0 aliphatic rings. The Balaban J connectivity index is 2.10. The molecule has 220 valence electrons. The zero-order chi connectivity index (χ0) is 30.2. The lowest BCUT2D eigenvalue weighted by atomic mass is 10.0. The summed E-state index contributed by atoms with van der Waals surface area (Å²) in [6.45, 7) is 3.28. The molecule has 3 rings (SSSR count). The molecule has 0 saturated heterocycles. The van der Waals surface area contributed by atoms with Crippen molar-refractivity contribution in [2.45, 2.75) is 45.3 Å². The largest absolute Gasteiger partial charge is 0.495 e. The van der Waals surface area contributed by atoms with Gasteiger partial charge < -0.3 is 15.0 Å². The lowest BCUT2D eigenvalue weighted by Crippen LogP contribution is -2.54. The Morgan fingerprint density at radius 1 is 0.951 bits per heavy atom. The molecule has 0 heterocycles. The third-order valence-electron chi connectivity index (χ3n) is 6.60. The molecule has 0 aliphatic carbocycles. The second-order valence-electron chi connectivity index (χ2n) is 9.76. The fraction of sp³-hybridized carbons (Fsp3) is 0.333. The predicted molar refractivity (Wildman–Crippen MR) is 164 cm³/mol. The topological polar surface area (TPSA) is 96.0 Å². The van der Waals surface area contributed by atoms with Crippen LogP contribution >= 0.6 is 23.2 Å². The Kier molecular flexibility index (Phi) is 11.5. The Labute approximate surface area is 252 Å². The molecular weight excluding hydrogens is 585 g/mol. The van der Waals surface area contributed by atoms with Crippen LogP contribution in [0.1, 0.15) is 31.4 Å². The summed E-state index contributed by atoms with van der Waals surface area (Å²) in [6.07, 6.45) is 1.91. The minimum atomic E-state index is -3.98. The Bertz CT molecular complexity index is 1450. The van der Waals surface area contributed by atoms with Gasteiger partial charge in [0.2, 0.25) is 21.8 Å². The van der Waals surface area contributed by atoms with Gasteiger partial charge in [-0.2, -0.15) is 0 Å². The van der Waals surface area contributed by atoms with Gasteiger partial charge in [-0.3, -0.25) is 13.9 Å². The van der Waals surface area contributed by atoms with Gasteiger partial charge in [-0.15, -0.1) is 0 Å². The summed E-state index contributed by atoms with van der Waals surface area (Å²) in [4.78, 5) is 29.3. The Morgan fingerprint density at radius 3 is 2.22 bits per heavy atom. The van der Waals surface area contributed by atoms with Crippen LogP contribution < -0.4 is 14.4 Å². The smallest absolute Gasteiger partial charge is 0.244 e. The summed E-state index contributed by atoms with van der Waals surface area (Å²) in [7, 11) is -2.58. The van der Waals surface area contributed by atoms with E-state index in [9.17, 15) is 18.0 Å². The SMILES string of the molecule is CCC(C)NC(=O)C(Cc1ccccc1)N(Cc1cccc(Cl)c1)C(=O)CN(c1cc(Cl)ccc1OC)S(C)(=O)=O. The first-order chi connectivity index (χ1) is 19.4. The first kappa shape index (κ1) is 32.2. The Hall–Kier alpha value is -3.27. The molecule has 0 spiro atoms. The number of anilines is 1. The molecule has 0 radical (unpaired) electrons. The number of sulfonamides is 1. The van der Waals surface area contributed by atoms with Gasteiger partial charge in [-0.05, 0) is 54.8 Å². The molecule has 3 aromatic carbocycles. The summed E-state index contributed by atoms with van der Waals surface area (Å²) >= 11 is 12.4. The highest BCUT2D eigenvalue weighted by molar-refractivity contribution is 7.92. The lowest BCUT2D eigenvalue weighted by Gasteiger charge is -2.34. The molecule has 8 nitrogen and oxygen atoms in total. The van der Waals surface area contributed by atoms with Crippen molar-refractivity contribution in [3.05, 3.63) is 94.0 Å². The molecule has 0 aliphatic heterocycles. The summed E-state index contributed by atoms with van der Waals surface area (Å²) in [5.41, 5.74) is 1.64. The van der Waals surface area contributed by atoms with E-state index in [0.29, 0.717) is 17.0 Å². The number of benzene rings is 3. The van der Waals surface area contributed by atoms with Crippen molar-refractivity contribution in [3.63, 3.8) is 0 Å². The number of hydrogen-bond donors (Lipinski definition) is 1. The highest BCUT2D eigenvalue weighted by atomic mass is 35.5. The average molecular weight is 621 g/mol. The maximum atomic E-state index is 14.2. The number of carbonyl (C=O) groups is 2. The maximum absolute atomic E-state index is 14.2. The fourth-order valence-corrected chi connectivity index (χ4v) is 5.50. The van der Waals surface area contributed by atoms with E-state index in [1.807, 2.05) is 44.2 Å². The van der Waals surface area contributed by atoms with Crippen molar-refractivity contribution in [2.75, 3.05) is 24.2 Å². The molecule has 0 bridgehead atoms. The number of hydrogen-bond acceptors (Lipinski definition) is 5. The van der Waals surface area contributed by atoms with Crippen molar-refractivity contribution < 1.29 is 22.7 Å². The van der Waals surface area contributed by atoms with E-state index >= 15 is 0 Å². The number of amides is 2. The van der Waals surface area contributed by atoms with Crippen molar-refractivity contribution in [2.24, 2.45) is 0 Å². The number of carbonyl (C=O) groups excluding carboxylic acids is 2. The highest BCUT2D eigenvalue weighted by Gasteiger charge is 2.34. The molecule has 2 unspecified atom stereocenters. The number of nitrogens with one attached hydrogen (secondary N) is 1. The van der Waals surface area contributed by atoms with Gasteiger partial charge in [0.1, 0.15) is 18.3 Å². The van der Waals surface area contributed by atoms with Crippen LogP contribution in [0.3, 0.4) is 0 Å². The van der Waals surface area contributed by atoms with E-state index in [2.05, 4.69) is 5.32 Å². The van der Waals surface area contributed by atoms with Gasteiger partial charge in [0, 0.05) is 29.1 Å². The third-order valence-corrected chi connectivity index (χ3v) is 8.20.